The number of carbonyl (C=O) groups is 1. The number of nitrogens with zero attached hydrogens (tertiary/aromatic N) is 5. The van der Waals surface area contributed by atoms with Gasteiger partial charge in [-0.15, -0.1) is 0 Å². The van der Waals surface area contributed by atoms with E-state index in [4.69, 9.17) is 17.2 Å². The summed E-state index contributed by atoms with van der Waals surface area (Å²) in [5.74, 6) is 0.0927. The third-order valence-corrected chi connectivity index (χ3v) is 7.47. The van der Waals surface area contributed by atoms with Gasteiger partial charge in [-0.1, -0.05) is 30.0 Å². The summed E-state index contributed by atoms with van der Waals surface area (Å²) in [4.78, 5) is 37.6. The number of piperazine rings is 1. The van der Waals surface area contributed by atoms with Gasteiger partial charge in [-0.25, -0.2) is 9.37 Å². The number of benzene rings is 1. The first kappa shape index (κ1) is 23.5. The zero-order valence-electron chi connectivity index (χ0n) is 19.3. The van der Waals surface area contributed by atoms with E-state index in [1.807, 2.05) is 19.9 Å². The van der Waals surface area contributed by atoms with Crippen molar-refractivity contribution in [1.82, 2.24) is 14.3 Å². The molecule has 180 valence electrons. The maximum atomic E-state index is 13.5. The van der Waals surface area contributed by atoms with E-state index in [1.54, 1.807) is 41.4 Å². The van der Waals surface area contributed by atoms with Crippen molar-refractivity contribution in [2.75, 3.05) is 36.0 Å². The minimum Gasteiger partial charge on any atom is -0.368 e. The minimum atomic E-state index is -0.263. The van der Waals surface area contributed by atoms with Crippen LogP contribution in [0.2, 0.25) is 0 Å². The van der Waals surface area contributed by atoms with Crippen LogP contribution in [0.4, 0.5) is 15.9 Å². The Kier molecular flexibility index (Phi) is 6.33. The number of fused-ring (bicyclic) bond motifs is 1. The monoisotopic (exact) mass is 509 g/mol. The van der Waals surface area contributed by atoms with Crippen molar-refractivity contribution in [2.45, 2.75) is 19.9 Å². The van der Waals surface area contributed by atoms with Crippen LogP contribution < -0.4 is 15.4 Å². The van der Waals surface area contributed by atoms with E-state index in [-0.39, 0.29) is 23.3 Å². The standard InChI is InChI=1S/C25H24FN5O2S2/c1-16(2)31-24(33)20(35-25(31)34)15-19-22(27-21-5-3-4-10-30(21)23(19)32)29-13-11-28(12-14-29)18-8-6-17(26)7-9-18/h3-10,15-16H,11-14H2,1-2H3/b20-15+. The van der Waals surface area contributed by atoms with Crippen molar-refractivity contribution < 1.29 is 9.18 Å². The average molecular weight is 510 g/mol. The molecule has 5 rings (SSSR count). The largest absolute Gasteiger partial charge is 0.368 e. The Balaban J connectivity index is 1.52. The van der Waals surface area contributed by atoms with Gasteiger partial charge in [0, 0.05) is 44.1 Å². The molecule has 1 amide bonds. The van der Waals surface area contributed by atoms with E-state index in [0.717, 1.165) is 5.69 Å². The Morgan fingerprint density at radius 3 is 2.37 bits per heavy atom. The van der Waals surface area contributed by atoms with E-state index in [0.29, 0.717) is 52.4 Å². The summed E-state index contributed by atoms with van der Waals surface area (Å²) in [6.45, 7) is 6.45. The van der Waals surface area contributed by atoms with Crippen molar-refractivity contribution in [1.29, 1.82) is 0 Å². The number of thiocarbonyl (C=S) groups is 1. The topological polar surface area (TPSA) is 61.2 Å². The molecule has 4 heterocycles. The molecule has 10 heteroatoms. The molecule has 0 spiro atoms. The molecule has 0 unspecified atom stereocenters. The molecule has 0 aliphatic carbocycles. The zero-order valence-corrected chi connectivity index (χ0v) is 21.0. The van der Waals surface area contributed by atoms with Crippen LogP contribution in [-0.2, 0) is 4.79 Å². The Labute approximate surface area is 211 Å². The third-order valence-electron chi connectivity index (χ3n) is 6.14. The zero-order chi connectivity index (χ0) is 24.7. The number of amides is 1. The summed E-state index contributed by atoms with van der Waals surface area (Å²) < 4.78 is 15.3. The number of carbonyl (C=O) groups excluding carboxylic acids is 1. The van der Waals surface area contributed by atoms with Gasteiger partial charge in [-0.3, -0.25) is 18.9 Å². The van der Waals surface area contributed by atoms with E-state index in [2.05, 4.69) is 9.80 Å². The second-order valence-corrected chi connectivity index (χ2v) is 10.4. The van der Waals surface area contributed by atoms with Crippen LogP contribution >= 0.6 is 24.0 Å². The first-order chi connectivity index (χ1) is 16.8. The average Bonchev–Trinajstić information content (AvgIpc) is 3.14. The van der Waals surface area contributed by atoms with Gasteiger partial charge in [0.05, 0.1) is 10.5 Å². The Morgan fingerprint density at radius 1 is 1.03 bits per heavy atom. The van der Waals surface area contributed by atoms with Crippen molar-refractivity contribution in [3.05, 3.63) is 75.3 Å². The number of aromatic nitrogens is 2. The lowest BCUT2D eigenvalue weighted by molar-refractivity contribution is -0.123. The maximum Gasteiger partial charge on any atom is 0.267 e. The van der Waals surface area contributed by atoms with Gasteiger partial charge in [0.15, 0.2) is 0 Å². The lowest BCUT2D eigenvalue weighted by Gasteiger charge is -2.37. The highest BCUT2D eigenvalue weighted by atomic mass is 32.2. The van der Waals surface area contributed by atoms with E-state index >= 15 is 0 Å². The quantitative estimate of drug-likeness (QED) is 0.392. The lowest BCUT2D eigenvalue weighted by atomic mass is 10.2. The van der Waals surface area contributed by atoms with Crippen LogP contribution in [0.15, 0.2) is 58.4 Å². The molecule has 2 saturated heterocycles. The molecule has 35 heavy (non-hydrogen) atoms. The molecule has 0 bridgehead atoms. The van der Waals surface area contributed by atoms with Crippen LogP contribution in [0, 0.1) is 5.82 Å². The second kappa shape index (κ2) is 9.43. The molecule has 0 saturated carbocycles. The van der Waals surface area contributed by atoms with Gasteiger partial charge in [0.25, 0.3) is 11.5 Å². The summed E-state index contributed by atoms with van der Waals surface area (Å²) in [7, 11) is 0. The molecule has 3 aromatic rings. The Hall–Kier alpha value is -3.24. The van der Waals surface area contributed by atoms with Gasteiger partial charge < -0.3 is 9.80 Å². The van der Waals surface area contributed by atoms with Gasteiger partial charge in [0.2, 0.25) is 0 Å². The minimum absolute atomic E-state index is 0.0664. The highest BCUT2D eigenvalue weighted by Crippen LogP contribution is 2.35. The number of anilines is 2. The Morgan fingerprint density at radius 2 is 1.71 bits per heavy atom. The predicted molar refractivity (Wildman–Crippen MR) is 142 cm³/mol. The van der Waals surface area contributed by atoms with Crippen LogP contribution in [-0.4, -0.2) is 56.7 Å². The van der Waals surface area contributed by atoms with Gasteiger partial charge in [0.1, 0.15) is 21.6 Å². The predicted octanol–water partition coefficient (Wildman–Crippen LogP) is 3.77. The molecule has 0 atom stereocenters. The number of thioether (sulfide) groups is 1. The highest BCUT2D eigenvalue weighted by Gasteiger charge is 2.34. The first-order valence-corrected chi connectivity index (χ1v) is 12.6. The van der Waals surface area contributed by atoms with Crippen molar-refractivity contribution in [3.63, 3.8) is 0 Å². The van der Waals surface area contributed by atoms with E-state index in [1.165, 1.54) is 28.3 Å². The SMILES string of the molecule is CC(C)N1C(=O)/C(=C\c2c(N3CCN(c4ccc(F)cc4)CC3)nc3ccccn3c2=O)SC1=S. The van der Waals surface area contributed by atoms with Crippen molar-refractivity contribution in [2.24, 2.45) is 0 Å². The van der Waals surface area contributed by atoms with Crippen LogP contribution in [0.1, 0.15) is 19.4 Å². The van der Waals surface area contributed by atoms with Gasteiger partial charge in [-0.2, -0.15) is 0 Å². The number of rotatable bonds is 4. The Bertz CT molecular complexity index is 1400. The number of hydrogen-bond donors (Lipinski definition) is 0. The summed E-state index contributed by atoms with van der Waals surface area (Å²) in [5, 5.41) is 0. The number of halogens is 1. The molecular formula is C25H24FN5O2S2. The molecule has 0 N–H and O–H groups in total. The lowest BCUT2D eigenvalue weighted by Crippen LogP contribution is -2.47. The van der Waals surface area contributed by atoms with Crippen LogP contribution in [0.3, 0.4) is 0 Å². The molecule has 1 aromatic carbocycles. The smallest absolute Gasteiger partial charge is 0.267 e. The molecule has 0 radical (unpaired) electrons. The van der Waals surface area contributed by atoms with Crippen molar-refractivity contribution >= 4 is 57.4 Å². The number of hydrogen-bond acceptors (Lipinski definition) is 7. The molecule has 2 aliphatic heterocycles. The normalized spacial score (nSPS) is 17.9. The molecular weight excluding hydrogens is 485 g/mol. The van der Waals surface area contributed by atoms with E-state index in [9.17, 15) is 14.0 Å². The summed E-state index contributed by atoms with van der Waals surface area (Å²) in [5.41, 5.74) is 1.63. The highest BCUT2D eigenvalue weighted by molar-refractivity contribution is 8.26. The number of pyridine rings is 1. The van der Waals surface area contributed by atoms with Crippen LogP contribution in [0.5, 0.6) is 0 Å². The van der Waals surface area contributed by atoms with Crippen LogP contribution in [0.25, 0.3) is 11.7 Å². The summed E-state index contributed by atoms with van der Waals surface area (Å²) in [6, 6.07) is 11.8. The fraction of sp³-hybridized carbons (Fsp3) is 0.280. The maximum absolute atomic E-state index is 13.5. The van der Waals surface area contributed by atoms with E-state index < -0.39 is 0 Å². The fourth-order valence-electron chi connectivity index (χ4n) is 4.34. The molecule has 2 aliphatic rings. The van der Waals surface area contributed by atoms with Gasteiger partial charge in [-0.05, 0) is 56.3 Å². The third kappa shape index (κ3) is 4.43. The second-order valence-electron chi connectivity index (χ2n) is 8.68. The fourth-order valence-corrected chi connectivity index (χ4v) is 5.85. The molecule has 2 fully saturated rings. The molecule has 7 nitrogen and oxygen atoms in total. The van der Waals surface area contributed by atoms with Crippen molar-refractivity contribution in [3.8, 4) is 0 Å². The molecule has 2 aromatic heterocycles. The summed E-state index contributed by atoms with van der Waals surface area (Å²) in [6.07, 6.45) is 3.32. The summed E-state index contributed by atoms with van der Waals surface area (Å²) >= 11 is 6.62. The first-order valence-electron chi connectivity index (χ1n) is 11.4. The van der Waals surface area contributed by atoms with Gasteiger partial charge >= 0.3 is 0 Å².